The molecule has 0 spiro atoms. The summed E-state index contributed by atoms with van der Waals surface area (Å²) in [4.78, 5) is 26.7. The van der Waals surface area contributed by atoms with Crippen molar-refractivity contribution in [3.05, 3.63) is 87.4 Å². The average molecular weight is 472 g/mol. The number of hydrogen-bond acceptors (Lipinski definition) is 3. The Balaban J connectivity index is 1.60. The molecule has 0 radical (unpaired) electrons. The third-order valence-corrected chi connectivity index (χ3v) is 5.26. The molecule has 0 atom stereocenters. The van der Waals surface area contributed by atoms with E-state index in [0.29, 0.717) is 34.3 Å². The van der Waals surface area contributed by atoms with Gasteiger partial charge in [0.25, 0.3) is 11.8 Å². The predicted octanol–water partition coefficient (Wildman–Crippen LogP) is 5.28. The van der Waals surface area contributed by atoms with Gasteiger partial charge in [0.1, 0.15) is 5.75 Å². The molecule has 0 saturated heterocycles. The van der Waals surface area contributed by atoms with Crippen molar-refractivity contribution in [1.29, 1.82) is 0 Å². The van der Waals surface area contributed by atoms with Crippen LogP contribution in [0.2, 0.25) is 5.02 Å². The highest BCUT2D eigenvalue weighted by molar-refractivity contribution is 9.10. The number of nitrogens with one attached hydrogen (secondary N) is 1. The molecule has 2 amide bonds. The fraction of sp³-hybridized carbons (Fsp3) is 0.0909. The number of carbonyl (C=O) groups excluding carboxylic acids is 2. The third-order valence-electron chi connectivity index (χ3n) is 4.50. The molecule has 0 unspecified atom stereocenters. The number of ether oxygens (including phenoxy) is 1. The highest BCUT2D eigenvalue weighted by Crippen LogP contribution is 2.35. The summed E-state index contributed by atoms with van der Waals surface area (Å²) in [6.45, 7) is 0.395. The number of rotatable bonds is 4. The number of anilines is 2. The van der Waals surface area contributed by atoms with Crippen molar-refractivity contribution in [2.75, 3.05) is 16.8 Å². The van der Waals surface area contributed by atoms with Crippen LogP contribution in [0, 0.1) is 0 Å². The average Bonchev–Trinajstić information content (AvgIpc) is 2.71. The predicted molar refractivity (Wildman–Crippen MR) is 117 cm³/mol. The van der Waals surface area contributed by atoms with Crippen LogP contribution in [0.15, 0.2) is 71.2 Å². The zero-order chi connectivity index (χ0) is 20.4. The van der Waals surface area contributed by atoms with Gasteiger partial charge < -0.3 is 15.0 Å². The van der Waals surface area contributed by atoms with Gasteiger partial charge in [-0.25, -0.2) is 0 Å². The van der Waals surface area contributed by atoms with Crippen LogP contribution in [0.4, 0.5) is 11.4 Å². The Bertz CT molecular complexity index is 1090. The molecule has 0 aromatic heterocycles. The number of fused-ring (bicyclic) bond motifs is 1. The van der Waals surface area contributed by atoms with Gasteiger partial charge in [0.05, 0.1) is 12.2 Å². The highest BCUT2D eigenvalue weighted by Gasteiger charge is 2.26. The summed E-state index contributed by atoms with van der Waals surface area (Å²) in [7, 11) is 0. The van der Waals surface area contributed by atoms with Crippen LogP contribution in [-0.4, -0.2) is 18.4 Å². The standard InChI is InChI=1S/C22H16BrClN2O3/c23-16-6-4-14(5-7-16)12-26-19-11-18(8-9-20(19)29-13-21(26)27)25-22(28)15-2-1-3-17(24)10-15/h1-11H,12-13H2,(H,25,28). The Morgan fingerprint density at radius 3 is 2.66 bits per heavy atom. The largest absolute Gasteiger partial charge is 0.482 e. The first kappa shape index (κ1) is 19.5. The van der Waals surface area contributed by atoms with Gasteiger partial charge in [-0.1, -0.05) is 45.7 Å². The van der Waals surface area contributed by atoms with E-state index in [1.54, 1.807) is 47.4 Å². The number of halogens is 2. The third kappa shape index (κ3) is 4.44. The normalized spacial score (nSPS) is 12.9. The van der Waals surface area contributed by atoms with E-state index in [0.717, 1.165) is 10.0 Å². The molecular formula is C22H16BrClN2O3. The number of benzene rings is 3. The Morgan fingerprint density at radius 1 is 1.10 bits per heavy atom. The maximum atomic E-state index is 12.5. The zero-order valence-corrected chi connectivity index (χ0v) is 17.5. The molecule has 1 aliphatic heterocycles. The second-order valence-electron chi connectivity index (χ2n) is 6.54. The van der Waals surface area contributed by atoms with Gasteiger partial charge in [0, 0.05) is 20.7 Å². The minimum Gasteiger partial charge on any atom is -0.482 e. The smallest absolute Gasteiger partial charge is 0.265 e. The maximum Gasteiger partial charge on any atom is 0.265 e. The molecule has 29 heavy (non-hydrogen) atoms. The molecule has 0 bridgehead atoms. The van der Waals surface area contributed by atoms with Crippen molar-refractivity contribution in [2.24, 2.45) is 0 Å². The summed E-state index contributed by atoms with van der Waals surface area (Å²) < 4.78 is 6.53. The molecule has 0 saturated carbocycles. The Hall–Kier alpha value is -2.83. The van der Waals surface area contributed by atoms with Gasteiger partial charge >= 0.3 is 0 Å². The molecular weight excluding hydrogens is 456 g/mol. The monoisotopic (exact) mass is 470 g/mol. The van der Waals surface area contributed by atoms with E-state index < -0.39 is 0 Å². The van der Waals surface area contributed by atoms with E-state index in [1.807, 2.05) is 24.3 Å². The Kier molecular flexibility index (Phi) is 5.56. The number of amides is 2. The van der Waals surface area contributed by atoms with Crippen molar-refractivity contribution in [2.45, 2.75) is 6.54 Å². The van der Waals surface area contributed by atoms with Crippen molar-refractivity contribution in [1.82, 2.24) is 0 Å². The van der Waals surface area contributed by atoms with E-state index >= 15 is 0 Å². The first-order chi connectivity index (χ1) is 14.0. The van der Waals surface area contributed by atoms with E-state index in [2.05, 4.69) is 21.2 Å². The van der Waals surface area contributed by atoms with Crippen LogP contribution in [0.25, 0.3) is 0 Å². The lowest BCUT2D eigenvalue weighted by Crippen LogP contribution is -2.38. The summed E-state index contributed by atoms with van der Waals surface area (Å²) in [6.07, 6.45) is 0. The van der Waals surface area contributed by atoms with Gasteiger partial charge in [-0.3, -0.25) is 9.59 Å². The van der Waals surface area contributed by atoms with Crippen LogP contribution >= 0.6 is 27.5 Å². The molecule has 0 aliphatic carbocycles. The fourth-order valence-corrected chi connectivity index (χ4v) is 3.51. The second kappa shape index (κ2) is 8.27. The lowest BCUT2D eigenvalue weighted by Gasteiger charge is -2.30. The zero-order valence-electron chi connectivity index (χ0n) is 15.2. The SMILES string of the molecule is O=C(Nc1ccc2c(c1)N(Cc1ccc(Br)cc1)C(=O)CO2)c1cccc(Cl)c1. The number of carbonyl (C=O) groups is 2. The van der Waals surface area contributed by atoms with Crippen LogP contribution < -0.4 is 15.0 Å². The van der Waals surface area contributed by atoms with Crippen molar-refractivity contribution in [3.63, 3.8) is 0 Å². The lowest BCUT2D eigenvalue weighted by molar-refractivity contribution is -0.121. The lowest BCUT2D eigenvalue weighted by atomic mass is 10.1. The first-order valence-electron chi connectivity index (χ1n) is 8.88. The maximum absolute atomic E-state index is 12.5. The number of hydrogen-bond donors (Lipinski definition) is 1. The molecule has 3 aromatic rings. The molecule has 5 nitrogen and oxygen atoms in total. The molecule has 146 valence electrons. The summed E-state index contributed by atoms with van der Waals surface area (Å²) in [5.74, 6) is 0.177. The quantitative estimate of drug-likeness (QED) is 0.563. The van der Waals surface area contributed by atoms with Gasteiger partial charge in [-0.05, 0) is 54.1 Å². The van der Waals surface area contributed by atoms with Crippen LogP contribution in [0.1, 0.15) is 15.9 Å². The molecule has 3 aromatic carbocycles. The highest BCUT2D eigenvalue weighted by atomic mass is 79.9. The van der Waals surface area contributed by atoms with Gasteiger partial charge in [0.15, 0.2) is 6.61 Å². The molecule has 1 aliphatic rings. The van der Waals surface area contributed by atoms with Gasteiger partial charge in [-0.2, -0.15) is 0 Å². The van der Waals surface area contributed by atoms with E-state index in [4.69, 9.17) is 16.3 Å². The van der Waals surface area contributed by atoms with E-state index in [1.165, 1.54) is 0 Å². The summed E-state index contributed by atoms with van der Waals surface area (Å²) >= 11 is 9.38. The molecule has 1 N–H and O–H groups in total. The Labute approximate surface area is 181 Å². The van der Waals surface area contributed by atoms with Gasteiger partial charge in [-0.15, -0.1) is 0 Å². The van der Waals surface area contributed by atoms with E-state index in [-0.39, 0.29) is 18.4 Å². The molecule has 4 rings (SSSR count). The number of nitrogens with zero attached hydrogens (tertiary/aromatic N) is 1. The Morgan fingerprint density at radius 2 is 1.90 bits per heavy atom. The molecule has 0 fully saturated rings. The molecule has 7 heteroatoms. The van der Waals surface area contributed by atoms with Gasteiger partial charge in [0.2, 0.25) is 0 Å². The van der Waals surface area contributed by atoms with Crippen molar-refractivity contribution in [3.8, 4) is 5.75 Å². The summed E-state index contributed by atoms with van der Waals surface area (Å²) in [5, 5.41) is 3.33. The minimum absolute atomic E-state index is 0.0161. The fourth-order valence-electron chi connectivity index (χ4n) is 3.06. The second-order valence-corrected chi connectivity index (χ2v) is 7.89. The van der Waals surface area contributed by atoms with E-state index in [9.17, 15) is 9.59 Å². The molecule has 1 heterocycles. The summed E-state index contributed by atoms with van der Waals surface area (Å²) in [6, 6.07) is 19.7. The van der Waals surface area contributed by atoms with Crippen LogP contribution in [0.5, 0.6) is 5.75 Å². The summed E-state index contributed by atoms with van der Waals surface area (Å²) in [5.41, 5.74) is 2.62. The minimum atomic E-state index is -0.282. The first-order valence-corrected chi connectivity index (χ1v) is 10.1. The van der Waals surface area contributed by atoms with Crippen LogP contribution in [-0.2, 0) is 11.3 Å². The van der Waals surface area contributed by atoms with Crippen molar-refractivity contribution < 1.29 is 14.3 Å². The van der Waals surface area contributed by atoms with Crippen molar-refractivity contribution >= 4 is 50.7 Å². The topological polar surface area (TPSA) is 58.6 Å². The van der Waals surface area contributed by atoms with Crippen LogP contribution in [0.3, 0.4) is 0 Å².